The number of phenolic OH excluding ortho intramolecular Hbond substituents is 1. The van der Waals surface area contributed by atoms with Gasteiger partial charge in [0.05, 0.1) is 0 Å². The number of benzene rings is 3. The van der Waals surface area contributed by atoms with Gasteiger partial charge in [-0.2, -0.15) is 0 Å². The molecule has 0 spiro atoms. The molecule has 1 heterocycles. The van der Waals surface area contributed by atoms with Crippen molar-refractivity contribution >= 4 is 58.3 Å². The minimum atomic E-state index is -1.22. The lowest BCUT2D eigenvalue weighted by Gasteiger charge is -2.16. The second kappa shape index (κ2) is 8.89. The van der Waals surface area contributed by atoms with E-state index in [2.05, 4.69) is 0 Å². The highest BCUT2D eigenvalue weighted by molar-refractivity contribution is 6.50. The Bertz CT molecular complexity index is 1170. The summed E-state index contributed by atoms with van der Waals surface area (Å²) in [5.74, 6) is 0.137. The fourth-order valence-corrected chi connectivity index (χ4v) is 3.68. The quantitative estimate of drug-likeness (QED) is 0.232. The Balaban J connectivity index is 1.50. The van der Waals surface area contributed by atoms with Crippen molar-refractivity contribution in [3.05, 3.63) is 85.8 Å². The van der Waals surface area contributed by atoms with E-state index in [1.165, 1.54) is 6.08 Å². The number of allylic oxidation sites excluding steroid dienone is 1. The van der Waals surface area contributed by atoms with Crippen LogP contribution in [0.25, 0.3) is 6.08 Å². The summed E-state index contributed by atoms with van der Waals surface area (Å²) in [5, 5.41) is 9.11. The molecule has 1 atom stereocenters. The number of carbonyl (C=O) groups excluding carboxylic acids is 1. The average molecular weight is 498 g/mol. The number of ketones is 1. The molecule has 0 aromatic heterocycles. The van der Waals surface area contributed by atoms with Crippen LogP contribution in [0.3, 0.4) is 0 Å². The van der Waals surface area contributed by atoms with Crippen LogP contribution in [0.2, 0.25) is 20.1 Å². The maximum absolute atomic E-state index is 12.2. The third-order valence-corrected chi connectivity index (χ3v) is 5.96. The smallest absolute Gasteiger partial charge is 0.406 e. The monoisotopic (exact) mass is 496 g/mol. The molecular formula is C22H12Cl4O5. The number of hydrogen-bond donors (Lipinski definition) is 1. The van der Waals surface area contributed by atoms with Crippen molar-refractivity contribution in [3.8, 4) is 23.0 Å². The molecule has 9 heteroatoms. The molecule has 0 bridgehead atoms. The maximum Gasteiger partial charge on any atom is 0.406 e. The van der Waals surface area contributed by atoms with Crippen molar-refractivity contribution in [1.82, 2.24) is 0 Å². The largest absolute Gasteiger partial charge is 0.505 e. The molecule has 1 aliphatic rings. The molecule has 3 aromatic carbocycles. The summed E-state index contributed by atoms with van der Waals surface area (Å²) in [6, 6.07) is 14.0. The summed E-state index contributed by atoms with van der Waals surface area (Å²) in [4.78, 5) is 12.2. The summed E-state index contributed by atoms with van der Waals surface area (Å²) in [6.07, 6.45) is 3.14. The topological polar surface area (TPSA) is 65.0 Å². The van der Waals surface area contributed by atoms with E-state index in [-0.39, 0.29) is 31.6 Å². The van der Waals surface area contributed by atoms with Gasteiger partial charge in [-0.25, -0.2) is 0 Å². The molecule has 1 N–H and O–H groups in total. The number of ether oxygens (including phenoxy) is 3. The number of phenols is 1. The Morgan fingerprint density at radius 3 is 2.23 bits per heavy atom. The van der Waals surface area contributed by atoms with Crippen LogP contribution in [0.15, 0.2) is 54.6 Å². The summed E-state index contributed by atoms with van der Waals surface area (Å²) < 4.78 is 16.8. The van der Waals surface area contributed by atoms with Crippen LogP contribution in [0.4, 0.5) is 0 Å². The molecule has 0 amide bonds. The zero-order valence-electron chi connectivity index (χ0n) is 15.4. The van der Waals surface area contributed by atoms with Gasteiger partial charge in [-0.15, -0.1) is 0 Å². The van der Waals surface area contributed by atoms with Gasteiger partial charge in [0.2, 0.25) is 0 Å². The summed E-state index contributed by atoms with van der Waals surface area (Å²) in [5.41, 5.74) is 1.31. The number of halogens is 4. The standard InChI is InChI=1S/C22H12Cl4O5/c23-16-18(25)21(19(26)17(24)20(16)28)31-22-29-14-9-7-11(10-15(14)30-22)6-8-13(27)12-4-2-1-3-5-12/h1-10,22,28H/b8-6+. The number of rotatable bonds is 5. The Hall–Kier alpha value is -2.57. The van der Waals surface area contributed by atoms with Gasteiger partial charge in [-0.3, -0.25) is 4.79 Å². The van der Waals surface area contributed by atoms with E-state index < -0.39 is 12.2 Å². The fraction of sp³-hybridized carbons (Fsp3) is 0.0455. The van der Waals surface area contributed by atoms with E-state index in [0.29, 0.717) is 17.1 Å². The van der Waals surface area contributed by atoms with Crippen molar-refractivity contribution in [3.63, 3.8) is 0 Å². The predicted octanol–water partition coefficient (Wildman–Crippen LogP) is 7.04. The first-order valence-electron chi connectivity index (χ1n) is 8.81. The third kappa shape index (κ3) is 4.41. The molecule has 0 aliphatic carbocycles. The van der Waals surface area contributed by atoms with Gasteiger partial charge in [0.25, 0.3) is 0 Å². The first-order chi connectivity index (χ1) is 14.8. The lowest BCUT2D eigenvalue weighted by atomic mass is 10.1. The second-order valence-corrected chi connectivity index (χ2v) is 7.86. The molecule has 31 heavy (non-hydrogen) atoms. The van der Waals surface area contributed by atoms with Gasteiger partial charge in [0, 0.05) is 5.56 Å². The van der Waals surface area contributed by atoms with E-state index in [1.54, 1.807) is 48.5 Å². The van der Waals surface area contributed by atoms with Crippen molar-refractivity contribution in [2.75, 3.05) is 0 Å². The molecule has 0 saturated heterocycles. The first-order valence-corrected chi connectivity index (χ1v) is 10.3. The van der Waals surface area contributed by atoms with E-state index >= 15 is 0 Å². The summed E-state index contributed by atoms with van der Waals surface area (Å²) in [6.45, 7) is -1.22. The molecule has 5 nitrogen and oxygen atoms in total. The van der Waals surface area contributed by atoms with Crippen LogP contribution in [-0.4, -0.2) is 17.4 Å². The number of carbonyl (C=O) groups is 1. The molecule has 0 radical (unpaired) electrons. The SMILES string of the molecule is O=C(/C=C/c1ccc2c(c1)OC(Oc1c(Cl)c(Cl)c(O)c(Cl)c1Cl)O2)c1ccccc1. The third-order valence-electron chi connectivity index (χ3n) is 4.31. The number of aromatic hydroxyl groups is 1. The van der Waals surface area contributed by atoms with Gasteiger partial charge in [0.1, 0.15) is 20.1 Å². The normalized spacial score (nSPS) is 14.8. The van der Waals surface area contributed by atoms with Gasteiger partial charge in [-0.1, -0.05) is 88.9 Å². The van der Waals surface area contributed by atoms with E-state index in [0.717, 1.165) is 5.56 Å². The Kier molecular flexibility index (Phi) is 6.21. The molecule has 1 unspecified atom stereocenters. The van der Waals surface area contributed by atoms with E-state index in [4.69, 9.17) is 60.6 Å². The molecule has 158 valence electrons. The van der Waals surface area contributed by atoms with E-state index in [9.17, 15) is 9.90 Å². The zero-order chi connectivity index (χ0) is 22.1. The van der Waals surface area contributed by atoms with Gasteiger partial charge in [0.15, 0.2) is 28.8 Å². The van der Waals surface area contributed by atoms with Crippen molar-refractivity contribution < 1.29 is 24.1 Å². The number of fused-ring (bicyclic) bond motifs is 1. The van der Waals surface area contributed by atoms with Crippen LogP contribution in [0, 0.1) is 0 Å². The molecular weight excluding hydrogens is 486 g/mol. The molecule has 4 rings (SSSR count). The number of hydrogen-bond acceptors (Lipinski definition) is 5. The Morgan fingerprint density at radius 2 is 1.55 bits per heavy atom. The lowest BCUT2D eigenvalue weighted by molar-refractivity contribution is -0.112. The van der Waals surface area contributed by atoms with E-state index in [1.807, 2.05) is 6.07 Å². The Labute approximate surface area is 197 Å². The van der Waals surface area contributed by atoms with Crippen LogP contribution in [0.1, 0.15) is 15.9 Å². The van der Waals surface area contributed by atoms with Crippen molar-refractivity contribution in [2.45, 2.75) is 6.48 Å². The minimum Gasteiger partial charge on any atom is -0.505 e. The highest BCUT2D eigenvalue weighted by Gasteiger charge is 2.30. The zero-order valence-corrected chi connectivity index (χ0v) is 18.5. The Morgan fingerprint density at radius 1 is 0.903 bits per heavy atom. The summed E-state index contributed by atoms with van der Waals surface area (Å²) in [7, 11) is 0. The van der Waals surface area contributed by atoms with Gasteiger partial charge in [-0.05, 0) is 23.8 Å². The molecule has 0 fully saturated rings. The van der Waals surface area contributed by atoms with Gasteiger partial charge < -0.3 is 19.3 Å². The minimum absolute atomic E-state index is 0.0949. The van der Waals surface area contributed by atoms with Crippen LogP contribution < -0.4 is 14.2 Å². The fourth-order valence-electron chi connectivity index (χ4n) is 2.77. The van der Waals surface area contributed by atoms with Crippen molar-refractivity contribution in [1.29, 1.82) is 0 Å². The molecule has 1 aliphatic heterocycles. The van der Waals surface area contributed by atoms with Crippen LogP contribution in [-0.2, 0) is 0 Å². The van der Waals surface area contributed by atoms with Gasteiger partial charge >= 0.3 is 6.48 Å². The lowest BCUT2D eigenvalue weighted by Crippen LogP contribution is -2.25. The highest BCUT2D eigenvalue weighted by atomic mass is 35.5. The van der Waals surface area contributed by atoms with Crippen molar-refractivity contribution in [2.24, 2.45) is 0 Å². The molecule has 3 aromatic rings. The molecule has 0 saturated carbocycles. The van der Waals surface area contributed by atoms with Crippen LogP contribution >= 0.6 is 46.4 Å². The first kappa shape index (κ1) is 21.7. The maximum atomic E-state index is 12.2. The predicted molar refractivity (Wildman–Crippen MR) is 120 cm³/mol. The average Bonchev–Trinajstić information content (AvgIpc) is 3.20. The second-order valence-electron chi connectivity index (χ2n) is 6.35. The van der Waals surface area contributed by atoms with Crippen LogP contribution in [0.5, 0.6) is 23.0 Å². The summed E-state index contributed by atoms with van der Waals surface area (Å²) >= 11 is 24.1. The highest BCUT2D eigenvalue weighted by Crippen LogP contribution is 2.50.